The summed E-state index contributed by atoms with van der Waals surface area (Å²) in [6.45, 7) is 7.86. The van der Waals surface area contributed by atoms with Crippen molar-refractivity contribution in [2.45, 2.75) is 26.7 Å². The van der Waals surface area contributed by atoms with E-state index in [1.165, 1.54) is 11.1 Å². The first-order valence-electron chi connectivity index (χ1n) is 5.72. The van der Waals surface area contributed by atoms with Crippen molar-refractivity contribution in [3.8, 4) is 0 Å². The molecule has 0 amide bonds. The van der Waals surface area contributed by atoms with Gasteiger partial charge in [-0.1, -0.05) is 43.7 Å². The molecule has 0 spiro atoms. The summed E-state index contributed by atoms with van der Waals surface area (Å²) in [5.74, 6) is 1.33. The Labute approximate surface area is 94.1 Å². The van der Waals surface area contributed by atoms with E-state index in [0.29, 0.717) is 11.8 Å². The Hall–Kier alpha value is -0.820. The molecular weight excluding hydrogens is 182 g/mol. The Kier molecular flexibility index (Phi) is 4.34. The molecular formula is C14H23N. The second kappa shape index (κ2) is 5.32. The standard InChI is InChI=1S/C14H23N/c1-11(2)14(10-15(4)5)13-8-6-12(3)7-9-13/h6-9,11,14H,10H2,1-5H3. The Morgan fingerprint density at radius 3 is 2.00 bits per heavy atom. The summed E-state index contributed by atoms with van der Waals surface area (Å²) >= 11 is 0. The number of rotatable bonds is 4. The summed E-state index contributed by atoms with van der Waals surface area (Å²) in [4.78, 5) is 2.27. The number of nitrogens with zero attached hydrogens (tertiary/aromatic N) is 1. The minimum atomic E-state index is 0.639. The van der Waals surface area contributed by atoms with E-state index in [1.54, 1.807) is 0 Å². The summed E-state index contributed by atoms with van der Waals surface area (Å²) < 4.78 is 0. The third kappa shape index (κ3) is 3.67. The fraction of sp³-hybridized carbons (Fsp3) is 0.571. The largest absolute Gasteiger partial charge is 0.309 e. The molecule has 0 fully saturated rings. The molecule has 0 N–H and O–H groups in total. The Morgan fingerprint density at radius 2 is 1.60 bits per heavy atom. The first kappa shape index (κ1) is 12.3. The van der Waals surface area contributed by atoms with Crippen molar-refractivity contribution in [2.75, 3.05) is 20.6 Å². The number of hydrogen-bond donors (Lipinski definition) is 0. The van der Waals surface area contributed by atoms with Gasteiger partial charge in [-0.25, -0.2) is 0 Å². The maximum atomic E-state index is 2.30. The van der Waals surface area contributed by atoms with E-state index in [9.17, 15) is 0 Å². The number of aryl methyl sites for hydroxylation is 1. The van der Waals surface area contributed by atoms with Crippen LogP contribution in [0.2, 0.25) is 0 Å². The molecule has 0 aliphatic carbocycles. The van der Waals surface area contributed by atoms with Crippen molar-refractivity contribution in [3.05, 3.63) is 35.4 Å². The van der Waals surface area contributed by atoms with E-state index < -0.39 is 0 Å². The SMILES string of the molecule is Cc1ccc(C(CN(C)C)C(C)C)cc1. The zero-order valence-corrected chi connectivity index (χ0v) is 10.6. The van der Waals surface area contributed by atoms with Crippen molar-refractivity contribution >= 4 is 0 Å². The molecule has 0 heterocycles. The lowest BCUT2D eigenvalue weighted by Crippen LogP contribution is -2.23. The van der Waals surface area contributed by atoms with Gasteiger partial charge in [-0.15, -0.1) is 0 Å². The van der Waals surface area contributed by atoms with Crippen molar-refractivity contribution < 1.29 is 0 Å². The maximum absolute atomic E-state index is 2.30. The fourth-order valence-corrected chi connectivity index (χ4v) is 1.91. The van der Waals surface area contributed by atoms with Crippen LogP contribution in [0.15, 0.2) is 24.3 Å². The van der Waals surface area contributed by atoms with Crippen LogP contribution in [-0.2, 0) is 0 Å². The van der Waals surface area contributed by atoms with E-state index in [4.69, 9.17) is 0 Å². The van der Waals surface area contributed by atoms with Gasteiger partial charge in [0.25, 0.3) is 0 Å². The van der Waals surface area contributed by atoms with E-state index in [2.05, 4.69) is 64.0 Å². The van der Waals surface area contributed by atoms with Crippen molar-refractivity contribution in [3.63, 3.8) is 0 Å². The molecule has 84 valence electrons. The van der Waals surface area contributed by atoms with Gasteiger partial charge in [0.15, 0.2) is 0 Å². The molecule has 0 aromatic heterocycles. The second-order valence-corrected chi connectivity index (χ2v) is 5.02. The van der Waals surface area contributed by atoms with E-state index >= 15 is 0 Å². The number of hydrogen-bond acceptors (Lipinski definition) is 1. The summed E-state index contributed by atoms with van der Waals surface area (Å²) in [7, 11) is 4.28. The summed E-state index contributed by atoms with van der Waals surface area (Å²) in [5.41, 5.74) is 2.80. The van der Waals surface area contributed by atoms with Gasteiger partial charge in [0.05, 0.1) is 0 Å². The predicted octanol–water partition coefficient (Wildman–Crippen LogP) is 3.30. The zero-order chi connectivity index (χ0) is 11.4. The van der Waals surface area contributed by atoms with Crippen LogP contribution in [0.5, 0.6) is 0 Å². The molecule has 0 bridgehead atoms. The first-order chi connectivity index (χ1) is 7.00. The predicted molar refractivity (Wildman–Crippen MR) is 67.3 cm³/mol. The smallest absolute Gasteiger partial charge is 0.00466 e. The van der Waals surface area contributed by atoms with Crippen LogP contribution in [0.3, 0.4) is 0 Å². The minimum Gasteiger partial charge on any atom is -0.309 e. The molecule has 1 nitrogen and oxygen atoms in total. The topological polar surface area (TPSA) is 3.24 Å². The summed E-state index contributed by atoms with van der Waals surface area (Å²) in [6, 6.07) is 8.95. The van der Waals surface area contributed by atoms with Gasteiger partial charge in [0.1, 0.15) is 0 Å². The molecule has 1 aromatic rings. The highest BCUT2D eigenvalue weighted by atomic mass is 15.1. The average Bonchev–Trinajstić information content (AvgIpc) is 2.15. The molecule has 1 heteroatoms. The normalized spacial score (nSPS) is 13.5. The Bertz CT molecular complexity index is 285. The van der Waals surface area contributed by atoms with Crippen LogP contribution >= 0.6 is 0 Å². The molecule has 1 rings (SSSR count). The fourth-order valence-electron chi connectivity index (χ4n) is 1.91. The highest BCUT2D eigenvalue weighted by molar-refractivity contribution is 5.25. The molecule has 0 aliphatic rings. The lowest BCUT2D eigenvalue weighted by molar-refractivity contribution is 0.330. The summed E-state index contributed by atoms with van der Waals surface area (Å²) in [6.07, 6.45) is 0. The lowest BCUT2D eigenvalue weighted by Gasteiger charge is -2.25. The summed E-state index contributed by atoms with van der Waals surface area (Å²) in [5, 5.41) is 0. The van der Waals surface area contributed by atoms with Gasteiger partial charge < -0.3 is 4.90 Å². The van der Waals surface area contributed by atoms with Gasteiger partial charge in [-0.3, -0.25) is 0 Å². The first-order valence-corrected chi connectivity index (χ1v) is 5.72. The van der Waals surface area contributed by atoms with Crippen LogP contribution in [-0.4, -0.2) is 25.5 Å². The Balaban J connectivity index is 2.84. The third-order valence-corrected chi connectivity index (χ3v) is 2.87. The molecule has 15 heavy (non-hydrogen) atoms. The van der Waals surface area contributed by atoms with Crippen LogP contribution in [0, 0.1) is 12.8 Å². The highest BCUT2D eigenvalue weighted by Crippen LogP contribution is 2.25. The number of likely N-dealkylation sites (N-methyl/N-ethyl adjacent to an activating group) is 1. The van der Waals surface area contributed by atoms with Gasteiger partial charge in [-0.2, -0.15) is 0 Å². The van der Waals surface area contributed by atoms with Gasteiger partial charge in [0.2, 0.25) is 0 Å². The molecule has 0 saturated carbocycles. The monoisotopic (exact) mass is 205 g/mol. The molecule has 1 aromatic carbocycles. The highest BCUT2D eigenvalue weighted by Gasteiger charge is 2.16. The van der Waals surface area contributed by atoms with E-state index in [0.717, 1.165) is 6.54 Å². The van der Waals surface area contributed by atoms with Crippen LogP contribution < -0.4 is 0 Å². The van der Waals surface area contributed by atoms with Crippen molar-refractivity contribution in [1.29, 1.82) is 0 Å². The lowest BCUT2D eigenvalue weighted by atomic mass is 9.88. The third-order valence-electron chi connectivity index (χ3n) is 2.87. The molecule has 0 radical (unpaired) electrons. The van der Waals surface area contributed by atoms with Gasteiger partial charge in [-0.05, 0) is 38.4 Å². The minimum absolute atomic E-state index is 0.639. The quantitative estimate of drug-likeness (QED) is 0.729. The molecule has 0 aliphatic heterocycles. The zero-order valence-electron chi connectivity index (χ0n) is 10.6. The number of benzene rings is 1. The van der Waals surface area contributed by atoms with Crippen molar-refractivity contribution in [2.24, 2.45) is 5.92 Å². The molecule has 1 unspecified atom stereocenters. The van der Waals surface area contributed by atoms with Gasteiger partial charge >= 0.3 is 0 Å². The average molecular weight is 205 g/mol. The van der Waals surface area contributed by atoms with Crippen LogP contribution in [0.25, 0.3) is 0 Å². The molecule has 0 saturated heterocycles. The second-order valence-electron chi connectivity index (χ2n) is 5.02. The van der Waals surface area contributed by atoms with Gasteiger partial charge in [0, 0.05) is 6.54 Å². The van der Waals surface area contributed by atoms with Crippen LogP contribution in [0.1, 0.15) is 30.9 Å². The van der Waals surface area contributed by atoms with E-state index in [1.807, 2.05) is 0 Å². The van der Waals surface area contributed by atoms with E-state index in [-0.39, 0.29) is 0 Å². The van der Waals surface area contributed by atoms with Crippen molar-refractivity contribution in [1.82, 2.24) is 4.90 Å². The Morgan fingerprint density at radius 1 is 1.07 bits per heavy atom. The molecule has 1 atom stereocenters. The maximum Gasteiger partial charge on any atom is 0.00466 e. The van der Waals surface area contributed by atoms with Crippen LogP contribution in [0.4, 0.5) is 0 Å².